The van der Waals surface area contributed by atoms with Crippen LogP contribution in [-0.2, 0) is 16.8 Å². The van der Waals surface area contributed by atoms with Crippen LogP contribution in [0.5, 0.6) is 34.5 Å². The lowest BCUT2D eigenvalue weighted by atomic mass is 9.76. The van der Waals surface area contributed by atoms with Crippen LogP contribution in [-0.4, -0.2) is 37.7 Å². The van der Waals surface area contributed by atoms with Crippen LogP contribution in [0.25, 0.3) is 5.57 Å². The molecule has 0 fully saturated rings. The predicted octanol–water partition coefficient (Wildman–Crippen LogP) is 7.90. The van der Waals surface area contributed by atoms with Crippen molar-refractivity contribution in [1.82, 2.24) is 4.90 Å². The number of amides is 1. The molecular formula is C40H35NO8. The summed E-state index contributed by atoms with van der Waals surface area (Å²) >= 11 is 0. The van der Waals surface area contributed by atoms with E-state index in [4.69, 9.17) is 14.2 Å². The van der Waals surface area contributed by atoms with E-state index >= 15 is 0 Å². The summed E-state index contributed by atoms with van der Waals surface area (Å²) in [6, 6.07) is 17.7. The number of unbranched alkanes of at least 4 members (excludes halogenated alkanes) is 2. The molecule has 0 bridgehead atoms. The van der Waals surface area contributed by atoms with Gasteiger partial charge in [0.2, 0.25) is 0 Å². The summed E-state index contributed by atoms with van der Waals surface area (Å²) in [5, 5.41) is 31.8. The van der Waals surface area contributed by atoms with Gasteiger partial charge in [0.25, 0.3) is 5.91 Å². The van der Waals surface area contributed by atoms with Crippen molar-refractivity contribution >= 4 is 17.4 Å². The third-order valence-electron chi connectivity index (χ3n) is 9.93. The molecule has 4 aromatic carbocycles. The standard InChI is InChI=1S/C40H35NO8/c1-4-5-6-7-22-16-32(44)36-27-21-41(15-14-28(27)39(2,3)48-35(36)17-22)37(45)23-8-11-26-31(18-23)40(49-38(26)46)29-12-9-24(42)19-33(29)47-34-20-25(43)10-13-30(34)40/h8-21,28,42-44H,4-7H2,1-3H3. The van der Waals surface area contributed by atoms with Crippen molar-refractivity contribution in [2.75, 3.05) is 0 Å². The van der Waals surface area contributed by atoms with E-state index in [-0.39, 0.29) is 46.1 Å². The lowest BCUT2D eigenvalue weighted by Crippen LogP contribution is -2.42. The highest BCUT2D eigenvalue weighted by atomic mass is 16.6. The molecule has 1 atom stereocenters. The van der Waals surface area contributed by atoms with Crippen molar-refractivity contribution in [2.24, 2.45) is 5.92 Å². The molecule has 0 radical (unpaired) electrons. The Labute approximate surface area is 283 Å². The van der Waals surface area contributed by atoms with Crippen LogP contribution in [0.3, 0.4) is 0 Å². The fraction of sp³-hybridized carbons (Fsp3) is 0.250. The Morgan fingerprint density at radius 1 is 0.837 bits per heavy atom. The molecule has 4 heterocycles. The summed E-state index contributed by atoms with van der Waals surface area (Å²) in [6.45, 7) is 6.15. The molecule has 0 aromatic heterocycles. The highest BCUT2D eigenvalue weighted by molar-refractivity contribution is 6.02. The minimum Gasteiger partial charge on any atom is -0.508 e. The number of carbonyl (C=O) groups excluding carboxylic acids is 2. The Bertz CT molecular complexity index is 2090. The predicted molar refractivity (Wildman–Crippen MR) is 181 cm³/mol. The molecule has 4 aliphatic heterocycles. The molecule has 9 heteroatoms. The number of hydrogen-bond acceptors (Lipinski definition) is 8. The van der Waals surface area contributed by atoms with E-state index in [1.165, 1.54) is 29.2 Å². The monoisotopic (exact) mass is 657 g/mol. The second-order valence-corrected chi connectivity index (χ2v) is 13.6. The van der Waals surface area contributed by atoms with E-state index < -0.39 is 17.2 Å². The minimum atomic E-state index is -1.50. The van der Waals surface area contributed by atoms with E-state index in [9.17, 15) is 24.9 Å². The summed E-state index contributed by atoms with van der Waals surface area (Å²) < 4.78 is 18.7. The summed E-state index contributed by atoms with van der Waals surface area (Å²) in [4.78, 5) is 29.2. The number of rotatable bonds is 5. The van der Waals surface area contributed by atoms with Crippen molar-refractivity contribution in [2.45, 2.75) is 57.7 Å². The summed E-state index contributed by atoms with van der Waals surface area (Å²) in [6.07, 6.45) is 9.42. The van der Waals surface area contributed by atoms with Gasteiger partial charge < -0.3 is 29.5 Å². The zero-order chi connectivity index (χ0) is 34.2. The quantitative estimate of drug-likeness (QED) is 0.146. The number of aryl methyl sites for hydroxylation is 1. The van der Waals surface area contributed by atoms with Crippen LogP contribution >= 0.6 is 0 Å². The first kappa shape index (κ1) is 30.6. The molecule has 1 unspecified atom stereocenters. The number of carbonyl (C=O) groups is 2. The normalized spacial score (nSPS) is 18.6. The van der Waals surface area contributed by atoms with Crippen molar-refractivity contribution < 1.29 is 39.1 Å². The van der Waals surface area contributed by atoms with E-state index in [0.717, 1.165) is 36.8 Å². The summed E-state index contributed by atoms with van der Waals surface area (Å²) in [5.74, 6) is -0.0610. The van der Waals surface area contributed by atoms with Gasteiger partial charge in [0, 0.05) is 52.7 Å². The lowest BCUT2D eigenvalue weighted by Gasteiger charge is -2.42. The Morgan fingerprint density at radius 3 is 2.24 bits per heavy atom. The van der Waals surface area contributed by atoms with Crippen LogP contribution in [0.2, 0.25) is 0 Å². The number of hydrogen-bond donors (Lipinski definition) is 3. The number of phenolic OH excluding ortho intramolecular Hbond substituents is 3. The fourth-order valence-corrected chi connectivity index (χ4v) is 7.59. The molecule has 0 aliphatic carbocycles. The number of aromatic hydroxyl groups is 3. The molecule has 49 heavy (non-hydrogen) atoms. The number of ether oxygens (including phenoxy) is 3. The van der Waals surface area contributed by atoms with Gasteiger partial charge in [0.1, 0.15) is 40.1 Å². The SMILES string of the molecule is CCCCCc1cc(O)c2c(c1)OC(C)(C)C1C=CN(C(=O)c3ccc4c(c3)C3(OC4=O)c4ccc(O)cc4Oc4cc(O)ccc43)C=C21. The second-order valence-electron chi connectivity index (χ2n) is 13.6. The third kappa shape index (κ3) is 4.67. The average molecular weight is 658 g/mol. The Kier molecular flexibility index (Phi) is 6.82. The van der Waals surface area contributed by atoms with Crippen LogP contribution in [0.15, 0.2) is 85.2 Å². The molecule has 4 aliphatic rings. The van der Waals surface area contributed by atoms with E-state index in [1.807, 2.05) is 26.0 Å². The van der Waals surface area contributed by atoms with E-state index in [0.29, 0.717) is 33.6 Å². The Balaban J connectivity index is 1.21. The highest BCUT2D eigenvalue weighted by Gasteiger charge is 2.54. The van der Waals surface area contributed by atoms with Crippen LogP contribution in [0.4, 0.5) is 0 Å². The van der Waals surface area contributed by atoms with Crippen molar-refractivity contribution in [3.63, 3.8) is 0 Å². The number of phenols is 3. The zero-order valence-electron chi connectivity index (χ0n) is 27.3. The van der Waals surface area contributed by atoms with E-state index in [1.54, 1.807) is 48.8 Å². The maximum Gasteiger partial charge on any atom is 0.340 e. The van der Waals surface area contributed by atoms with Gasteiger partial charge in [-0.05, 0) is 92.4 Å². The largest absolute Gasteiger partial charge is 0.508 e. The van der Waals surface area contributed by atoms with Crippen molar-refractivity contribution in [3.8, 4) is 34.5 Å². The molecule has 4 aromatic rings. The van der Waals surface area contributed by atoms with Crippen LogP contribution < -0.4 is 9.47 Å². The van der Waals surface area contributed by atoms with Crippen LogP contribution in [0.1, 0.15) is 88.6 Å². The van der Waals surface area contributed by atoms with Gasteiger partial charge in [-0.1, -0.05) is 25.8 Å². The molecule has 9 nitrogen and oxygen atoms in total. The molecular weight excluding hydrogens is 622 g/mol. The lowest BCUT2D eigenvalue weighted by molar-refractivity contribution is 0.0224. The smallest absolute Gasteiger partial charge is 0.340 e. The molecule has 8 rings (SSSR count). The van der Waals surface area contributed by atoms with Gasteiger partial charge in [-0.2, -0.15) is 0 Å². The molecule has 3 N–H and O–H groups in total. The maximum absolute atomic E-state index is 14.3. The van der Waals surface area contributed by atoms with E-state index in [2.05, 4.69) is 6.92 Å². The van der Waals surface area contributed by atoms with Crippen molar-refractivity contribution in [3.05, 3.63) is 124 Å². The third-order valence-corrected chi connectivity index (χ3v) is 9.93. The van der Waals surface area contributed by atoms with Gasteiger partial charge in [-0.3, -0.25) is 9.69 Å². The van der Waals surface area contributed by atoms with Gasteiger partial charge >= 0.3 is 5.97 Å². The first-order valence-electron chi connectivity index (χ1n) is 16.5. The number of fused-ring (bicyclic) bond motifs is 9. The van der Waals surface area contributed by atoms with Gasteiger partial charge in [0.05, 0.1) is 11.1 Å². The molecule has 248 valence electrons. The van der Waals surface area contributed by atoms with Gasteiger partial charge in [-0.15, -0.1) is 0 Å². The van der Waals surface area contributed by atoms with Crippen LogP contribution in [0, 0.1) is 5.92 Å². The Morgan fingerprint density at radius 2 is 1.55 bits per heavy atom. The molecule has 0 saturated carbocycles. The number of esters is 1. The first-order chi connectivity index (χ1) is 23.5. The number of benzene rings is 4. The molecule has 0 saturated heterocycles. The summed E-state index contributed by atoms with van der Waals surface area (Å²) in [7, 11) is 0. The highest BCUT2D eigenvalue weighted by Crippen LogP contribution is 2.57. The Hall–Kier alpha value is -5.70. The zero-order valence-corrected chi connectivity index (χ0v) is 27.3. The number of nitrogens with zero attached hydrogens (tertiary/aromatic N) is 1. The topological polar surface area (TPSA) is 126 Å². The molecule has 1 amide bonds. The average Bonchev–Trinajstić information content (AvgIpc) is 3.35. The first-order valence-corrected chi connectivity index (χ1v) is 16.5. The summed E-state index contributed by atoms with van der Waals surface area (Å²) in [5.41, 5.74) is 2.15. The maximum atomic E-state index is 14.3. The molecule has 1 spiro atoms. The second kappa shape index (κ2) is 10.9. The van der Waals surface area contributed by atoms with Crippen molar-refractivity contribution in [1.29, 1.82) is 0 Å². The minimum absolute atomic E-state index is 0.0502. The van der Waals surface area contributed by atoms with Gasteiger partial charge in [-0.25, -0.2) is 4.79 Å². The van der Waals surface area contributed by atoms with Gasteiger partial charge in [0.15, 0.2) is 5.60 Å². The fourth-order valence-electron chi connectivity index (χ4n) is 7.59.